The fourth-order valence-corrected chi connectivity index (χ4v) is 4.93. The fraction of sp³-hybridized carbons (Fsp3) is 0.500. The lowest BCUT2D eigenvalue weighted by atomic mass is 9.86. The summed E-state index contributed by atoms with van der Waals surface area (Å²) in [5, 5.41) is 14.4. The Kier molecular flexibility index (Phi) is 8.45. The SMILES string of the molecule is CCCCCc1nc(CCC2CCCCC2)nn1Cc1ccc(-c2ncccc2C(=O)O)cc1. The topological polar surface area (TPSA) is 80.9 Å². The minimum Gasteiger partial charge on any atom is -0.478 e. The highest BCUT2D eigenvalue weighted by molar-refractivity contribution is 5.94. The molecule has 0 atom stereocenters. The number of pyridine rings is 1. The van der Waals surface area contributed by atoms with E-state index in [1.807, 2.05) is 24.3 Å². The van der Waals surface area contributed by atoms with Crippen LogP contribution in [0.4, 0.5) is 0 Å². The maximum Gasteiger partial charge on any atom is 0.337 e. The van der Waals surface area contributed by atoms with Crippen LogP contribution in [0.2, 0.25) is 0 Å². The smallest absolute Gasteiger partial charge is 0.337 e. The van der Waals surface area contributed by atoms with E-state index in [9.17, 15) is 9.90 Å². The molecule has 2 heterocycles. The van der Waals surface area contributed by atoms with Gasteiger partial charge >= 0.3 is 5.97 Å². The van der Waals surface area contributed by atoms with Gasteiger partial charge in [0.15, 0.2) is 5.82 Å². The van der Waals surface area contributed by atoms with Crippen molar-refractivity contribution in [2.24, 2.45) is 5.92 Å². The van der Waals surface area contributed by atoms with E-state index in [2.05, 4.69) is 16.6 Å². The van der Waals surface area contributed by atoms with Gasteiger partial charge in [-0.25, -0.2) is 14.5 Å². The normalized spacial score (nSPS) is 14.4. The van der Waals surface area contributed by atoms with Crippen LogP contribution in [0.25, 0.3) is 11.3 Å². The van der Waals surface area contributed by atoms with Crippen molar-refractivity contribution in [3.8, 4) is 11.3 Å². The van der Waals surface area contributed by atoms with Gasteiger partial charge in [0.25, 0.3) is 0 Å². The molecule has 0 unspecified atom stereocenters. The zero-order valence-corrected chi connectivity index (χ0v) is 20.2. The van der Waals surface area contributed by atoms with Gasteiger partial charge in [-0.3, -0.25) is 4.98 Å². The van der Waals surface area contributed by atoms with Crippen LogP contribution >= 0.6 is 0 Å². The van der Waals surface area contributed by atoms with Crippen LogP contribution in [-0.4, -0.2) is 30.8 Å². The van der Waals surface area contributed by atoms with Crippen molar-refractivity contribution >= 4 is 5.97 Å². The maximum absolute atomic E-state index is 11.5. The van der Waals surface area contributed by atoms with Crippen molar-refractivity contribution in [2.75, 3.05) is 0 Å². The summed E-state index contributed by atoms with van der Waals surface area (Å²) >= 11 is 0. The molecule has 1 saturated carbocycles. The van der Waals surface area contributed by atoms with E-state index in [-0.39, 0.29) is 5.56 Å². The summed E-state index contributed by atoms with van der Waals surface area (Å²) in [6.07, 6.45) is 15.1. The Hall–Kier alpha value is -3.02. The van der Waals surface area contributed by atoms with E-state index in [0.717, 1.165) is 48.0 Å². The third-order valence-electron chi connectivity index (χ3n) is 6.89. The Bertz CT molecular complexity index is 1070. The summed E-state index contributed by atoms with van der Waals surface area (Å²) in [5.41, 5.74) is 2.63. The van der Waals surface area contributed by atoms with Gasteiger partial charge in [-0.1, -0.05) is 76.1 Å². The molecule has 0 aliphatic heterocycles. The number of hydrogen-bond donors (Lipinski definition) is 1. The van der Waals surface area contributed by atoms with Gasteiger partial charge < -0.3 is 5.11 Å². The van der Waals surface area contributed by atoms with Gasteiger partial charge in [0.2, 0.25) is 0 Å². The molecule has 1 aromatic carbocycles. The van der Waals surface area contributed by atoms with Crippen LogP contribution in [0, 0.1) is 5.92 Å². The number of aryl methyl sites for hydroxylation is 2. The Morgan fingerprint density at radius 2 is 1.85 bits per heavy atom. The van der Waals surface area contributed by atoms with Gasteiger partial charge in [0.05, 0.1) is 17.8 Å². The largest absolute Gasteiger partial charge is 0.478 e. The first kappa shape index (κ1) is 24.1. The van der Waals surface area contributed by atoms with Crippen molar-refractivity contribution in [1.82, 2.24) is 19.7 Å². The molecule has 0 amide bonds. The van der Waals surface area contributed by atoms with Crippen molar-refractivity contribution in [3.63, 3.8) is 0 Å². The number of unbranched alkanes of at least 4 members (excludes halogenated alkanes) is 2. The van der Waals surface area contributed by atoms with Crippen molar-refractivity contribution in [2.45, 2.75) is 84.1 Å². The van der Waals surface area contributed by atoms with Gasteiger partial charge in [0, 0.05) is 24.6 Å². The lowest BCUT2D eigenvalue weighted by Crippen LogP contribution is -2.08. The number of aromatic carboxylic acids is 1. The number of benzene rings is 1. The molecule has 3 aromatic rings. The van der Waals surface area contributed by atoms with Crippen LogP contribution in [0.1, 0.15) is 92.3 Å². The Morgan fingerprint density at radius 3 is 2.59 bits per heavy atom. The molecule has 180 valence electrons. The zero-order valence-electron chi connectivity index (χ0n) is 20.2. The van der Waals surface area contributed by atoms with E-state index >= 15 is 0 Å². The first-order chi connectivity index (χ1) is 16.6. The summed E-state index contributed by atoms with van der Waals surface area (Å²) < 4.78 is 2.07. The molecule has 34 heavy (non-hydrogen) atoms. The number of hydrogen-bond acceptors (Lipinski definition) is 4. The molecule has 1 N–H and O–H groups in total. The van der Waals surface area contributed by atoms with Crippen molar-refractivity contribution in [3.05, 3.63) is 65.4 Å². The number of aromatic nitrogens is 4. The predicted octanol–water partition coefficient (Wildman–Crippen LogP) is 6.33. The highest BCUT2D eigenvalue weighted by Crippen LogP contribution is 2.27. The van der Waals surface area contributed by atoms with Crippen molar-refractivity contribution in [1.29, 1.82) is 0 Å². The highest BCUT2D eigenvalue weighted by atomic mass is 16.4. The number of carbonyl (C=O) groups is 1. The highest BCUT2D eigenvalue weighted by Gasteiger charge is 2.17. The average Bonchev–Trinajstić information content (AvgIpc) is 3.25. The van der Waals surface area contributed by atoms with Gasteiger partial charge in [-0.2, -0.15) is 5.10 Å². The number of carboxylic acids is 1. The van der Waals surface area contributed by atoms with E-state index in [0.29, 0.717) is 12.2 Å². The Labute approximate surface area is 202 Å². The van der Waals surface area contributed by atoms with Gasteiger partial charge in [-0.05, 0) is 36.5 Å². The molecular formula is C28H36N4O2. The summed E-state index contributed by atoms with van der Waals surface area (Å²) in [6.45, 7) is 2.89. The lowest BCUT2D eigenvalue weighted by Gasteiger charge is -2.20. The summed E-state index contributed by atoms with van der Waals surface area (Å²) in [6, 6.07) is 11.2. The number of carboxylic acid groups (broad SMARTS) is 1. The maximum atomic E-state index is 11.5. The Balaban J connectivity index is 1.47. The molecule has 0 spiro atoms. The molecule has 0 radical (unpaired) electrons. The Morgan fingerprint density at radius 1 is 1.06 bits per heavy atom. The molecule has 4 rings (SSSR count). The fourth-order valence-electron chi connectivity index (χ4n) is 4.93. The molecule has 1 fully saturated rings. The van der Waals surface area contributed by atoms with Crippen LogP contribution in [-0.2, 0) is 19.4 Å². The summed E-state index contributed by atoms with van der Waals surface area (Å²) in [5.74, 6) is 1.92. The van der Waals surface area contributed by atoms with Gasteiger partial charge in [-0.15, -0.1) is 0 Å². The van der Waals surface area contributed by atoms with E-state index in [1.54, 1.807) is 18.3 Å². The lowest BCUT2D eigenvalue weighted by molar-refractivity contribution is 0.0697. The summed E-state index contributed by atoms with van der Waals surface area (Å²) in [4.78, 5) is 20.8. The second kappa shape index (κ2) is 11.9. The average molecular weight is 461 g/mol. The molecule has 1 aliphatic rings. The molecular weight excluding hydrogens is 424 g/mol. The number of nitrogens with zero attached hydrogens (tertiary/aromatic N) is 4. The van der Waals surface area contributed by atoms with Crippen LogP contribution in [0.3, 0.4) is 0 Å². The van der Waals surface area contributed by atoms with E-state index in [1.165, 1.54) is 51.4 Å². The van der Waals surface area contributed by atoms with Gasteiger partial charge in [0.1, 0.15) is 5.82 Å². The zero-order chi connectivity index (χ0) is 23.8. The first-order valence-corrected chi connectivity index (χ1v) is 12.8. The quantitative estimate of drug-likeness (QED) is 0.338. The molecule has 1 aliphatic carbocycles. The minimum absolute atomic E-state index is 0.215. The molecule has 6 nitrogen and oxygen atoms in total. The molecule has 0 bridgehead atoms. The van der Waals surface area contributed by atoms with Crippen LogP contribution < -0.4 is 0 Å². The van der Waals surface area contributed by atoms with E-state index in [4.69, 9.17) is 10.1 Å². The third-order valence-corrected chi connectivity index (χ3v) is 6.89. The monoisotopic (exact) mass is 460 g/mol. The first-order valence-electron chi connectivity index (χ1n) is 12.8. The molecule has 0 saturated heterocycles. The van der Waals surface area contributed by atoms with Crippen molar-refractivity contribution < 1.29 is 9.90 Å². The minimum atomic E-state index is -0.965. The molecule has 6 heteroatoms. The third kappa shape index (κ3) is 6.31. The standard InChI is InChI=1S/C28H36N4O2/c1-2-3-5-12-26-30-25(18-15-21-9-6-4-7-10-21)31-32(26)20-22-13-16-23(17-14-22)27-24(28(33)34)11-8-19-29-27/h8,11,13-14,16-17,19,21H,2-7,9-10,12,15,18,20H2,1H3,(H,33,34). The number of rotatable bonds is 11. The van der Waals surface area contributed by atoms with E-state index < -0.39 is 5.97 Å². The van der Waals surface area contributed by atoms with Crippen LogP contribution in [0.5, 0.6) is 0 Å². The predicted molar refractivity (Wildman–Crippen MR) is 134 cm³/mol. The second-order valence-corrected chi connectivity index (χ2v) is 9.50. The summed E-state index contributed by atoms with van der Waals surface area (Å²) in [7, 11) is 0. The van der Waals surface area contributed by atoms with Crippen LogP contribution in [0.15, 0.2) is 42.6 Å². The second-order valence-electron chi connectivity index (χ2n) is 9.50. The molecule has 2 aromatic heterocycles.